The van der Waals surface area contributed by atoms with Gasteiger partial charge in [0.1, 0.15) is 11.9 Å². The first-order valence-electron chi connectivity index (χ1n) is 4.81. The second kappa shape index (κ2) is 4.28. The number of anilines is 1. The highest BCUT2D eigenvalue weighted by atomic mass is 19.1. The third-order valence-corrected chi connectivity index (χ3v) is 2.34. The SMILES string of the molecule is Nc1ccc(F)cc1C(O)c1cccnc1. The van der Waals surface area contributed by atoms with E-state index in [4.69, 9.17) is 5.73 Å². The molecule has 1 aromatic heterocycles. The molecule has 1 aromatic carbocycles. The van der Waals surface area contributed by atoms with Gasteiger partial charge in [-0.1, -0.05) is 6.07 Å². The first-order chi connectivity index (χ1) is 7.68. The van der Waals surface area contributed by atoms with Gasteiger partial charge < -0.3 is 10.8 Å². The quantitative estimate of drug-likeness (QED) is 0.757. The second-order valence-electron chi connectivity index (χ2n) is 3.46. The number of rotatable bonds is 2. The zero-order valence-electron chi connectivity index (χ0n) is 8.47. The summed E-state index contributed by atoms with van der Waals surface area (Å²) in [6.45, 7) is 0. The summed E-state index contributed by atoms with van der Waals surface area (Å²) < 4.78 is 13.0. The van der Waals surface area contributed by atoms with Crippen LogP contribution in [0.15, 0.2) is 42.7 Å². The van der Waals surface area contributed by atoms with E-state index in [0.29, 0.717) is 16.8 Å². The number of pyridine rings is 1. The van der Waals surface area contributed by atoms with E-state index in [1.807, 2.05) is 0 Å². The number of hydrogen-bond acceptors (Lipinski definition) is 3. The summed E-state index contributed by atoms with van der Waals surface area (Å²) in [6, 6.07) is 7.34. The smallest absolute Gasteiger partial charge is 0.123 e. The Labute approximate surface area is 92.4 Å². The number of nitrogens with zero attached hydrogens (tertiary/aromatic N) is 1. The molecule has 0 aliphatic heterocycles. The lowest BCUT2D eigenvalue weighted by molar-refractivity contribution is 0.220. The molecule has 0 saturated carbocycles. The predicted molar refractivity (Wildman–Crippen MR) is 59.1 cm³/mol. The van der Waals surface area contributed by atoms with Crippen molar-refractivity contribution in [2.45, 2.75) is 6.10 Å². The number of aliphatic hydroxyl groups excluding tert-OH is 1. The Kier molecular flexibility index (Phi) is 2.83. The molecule has 3 nitrogen and oxygen atoms in total. The molecular formula is C12H11FN2O. The average Bonchev–Trinajstić information content (AvgIpc) is 2.32. The van der Waals surface area contributed by atoms with Crippen molar-refractivity contribution in [2.75, 3.05) is 5.73 Å². The van der Waals surface area contributed by atoms with Gasteiger partial charge in [-0.3, -0.25) is 4.98 Å². The maximum Gasteiger partial charge on any atom is 0.123 e. The van der Waals surface area contributed by atoms with Crippen molar-refractivity contribution in [3.8, 4) is 0 Å². The molecule has 1 heterocycles. The van der Waals surface area contributed by atoms with E-state index in [2.05, 4.69) is 4.98 Å². The van der Waals surface area contributed by atoms with Crippen LogP contribution in [0.5, 0.6) is 0 Å². The number of nitrogens with two attached hydrogens (primary N) is 1. The number of aliphatic hydroxyl groups is 1. The fourth-order valence-electron chi connectivity index (χ4n) is 1.50. The van der Waals surface area contributed by atoms with Gasteiger partial charge in [-0.15, -0.1) is 0 Å². The highest BCUT2D eigenvalue weighted by Crippen LogP contribution is 2.26. The van der Waals surface area contributed by atoms with Crippen LogP contribution < -0.4 is 5.73 Å². The fraction of sp³-hybridized carbons (Fsp3) is 0.0833. The van der Waals surface area contributed by atoms with Crippen molar-refractivity contribution in [2.24, 2.45) is 0 Å². The monoisotopic (exact) mass is 218 g/mol. The van der Waals surface area contributed by atoms with Crippen LogP contribution in [0.4, 0.5) is 10.1 Å². The minimum absolute atomic E-state index is 0.355. The molecule has 4 heteroatoms. The first-order valence-corrected chi connectivity index (χ1v) is 4.81. The van der Waals surface area contributed by atoms with Gasteiger partial charge in [-0.05, 0) is 24.3 Å². The number of hydrogen-bond donors (Lipinski definition) is 2. The molecular weight excluding hydrogens is 207 g/mol. The maximum atomic E-state index is 13.0. The van der Waals surface area contributed by atoms with Gasteiger partial charge in [-0.25, -0.2) is 4.39 Å². The molecule has 3 N–H and O–H groups in total. The molecule has 0 fully saturated rings. The van der Waals surface area contributed by atoms with Crippen molar-refractivity contribution in [3.63, 3.8) is 0 Å². The van der Waals surface area contributed by atoms with E-state index in [-0.39, 0.29) is 0 Å². The normalized spacial score (nSPS) is 12.4. The Morgan fingerprint density at radius 2 is 2.12 bits per heavy atom. The Balaban J connectivity index is 2.41. The molecule has 0 amide bonds. The highest BCUT2D eigenvalue weighted by molar-refractivity contribution is 5.50. The van der Waals surface area contributed by atoms with Crippen LogP contribution in [0.25, 0.3) is 0 Å². The lowest BCUT2D eigenvalue weighted by Gasteiger charge is -2.13. The van der Waals surface area contributed by atoms with Crippen LogP contribution >= 0.6 is 0 Å². The molecule has 2 aromatic rings. The van der Waals surface area contributed by atoms with E-state index in [9.17, 15) is 9.50 Å². The molecule has 1 unspecified atom stereocenters. The Morgan fingerprint density at radius 3 is 2.81 bits per heavy atom. The van der Waals surface area contributed by atoms with Crippen LogP contribution in [-0.2, 0) is 0 Å². The zero-order chi connectivity index (χ0) is 11.5. The number of benzene rings is 1. The third kappa shape index (κ3) is 2.01. The molecule has 16 heavy (non-hydrogen) atoms. The summed E-state index contributed by atoms with van der Waals surface area (Å²) in [4.78, 5) is 3.89. The van der Waals surface area contributed by atoms with E-state index < -0.39 is 11.9 Å². The highest BCUT2D eigenvalue weighted by Gasteiger charge is 2.14. The van der Waals surface area contributed by atoms with E-state index >= 15 is 0 Å². The van der Waals surface area contributed by atoms with Crippen molar-refractivity contribution < 1.29 is 9.50 Å². The van der Waals surface area contributed by atoms with Gasteiger partial charge in [0.25, 0.3) is 0 Å². The standard InChI is InChI=1S/C12H11FN2O/c13-9-3-4-11(14)10(6-9)12(16)8-2-1-5-15-7-8/h1-7,12,16H,14H2. The molecule has 1 atom stereocenters. The van der Waals surface area contributed by atoms with Crippen LogP contribution in [0, 0.1) is 5.82 Å². The molecule has 0 saturated heterocycles. The molecule has 0 bridgehead atoms. The van der Waals surface area contributed by atoms with Gasteiger partial charge in [0.2, 0.25) is 0 Å². The molecule has 82 valence electrons. The lowest BCUT2D eigenvalue weighted by atomic mass is 10.0. The zero-order valence-corrected chi connectivity index (χ0v) is 8.47. The van der Waals surface area contributed by atoms with E-state index in [0.717, 1.165) is 0 Å². The largest absolute Gasteiger partial charge is 0.398 e. The molecule has 0 spiro atoms. The van der Waals surface area contributed by atoms with Gasteiger partial charge in [-0.2, -0.15) is 0 Å². The summed E-state index contributed by atoms with van der Waals surface area (Å²) in [5, 5.41) is 10.0. The number of aromatic nitrogens is 1. The molecule has 2 rings (SSSR count). The van der Waals surface area contributed by atoms with Crippen LogP contribution in [0.2, 0.25) is 0 Å². The van der Waals surface area contributed by atoms with Crippen molar-refractivity contribution in [3.05, 3.63) is 59.7 Å². The minimum atomic E-state index is -0.954. The van der Waals surface area contributed by atoms with Gasteiger partial charge in [0, 0.05) is 29.2 Å². The summed E-state index contributed by atoms with van der Waals surface area (Å²) >= 11 is 0. The third-order valence-electron chi connectivity index (χ3n) is 2.34. The summed E-state index contributed by atoms with van der Waals surface area (Å²) in [6.07, 6.45) is 2.17. The fourth-order valence-corrected chi connectivity index (χ4v) is 1.50. The average molecular weight is 218 g/mol. The van der Waals surface area contributed by atoms with E-state index in [1.165, 1.54) is 24.4 Å². The van der Waals surface area contributed by atoms with Gasteiger partial charge in [0.15, 0.2) is 0 Å². The Bertz CT molecular complexity index is 488. The lowest BCUT2D eigenvalue weighted by Crippen LogP contribution is -2.04. The predicted octanol–water partition coefficient (Wildman–Crippen LogP) is 1.88. The molecule has 0 radical (unpaired) electrons. The minimum Gasteiger partial charge on any atom is -0.398 e. The van der Waals surface area contributed by atoms with Crippen molar-refractivity contribution >= 4 is 5.69 Å². The molecule has 0 aliphatic rings. The summed E-state index contributed by atoms with van der Waals surface area (Å²) in [5.74, 6) is -0.424. The summed E-state index contributed by atoms with van der Waals surface area (Å²) in [5.41, 5.74) is 6.98. The van der Waals surface area contributed by atoms with Gasteiger partial charge >= 0.3 is 0 Å². The van der Waals surface area contributed by atoms with Crippen LogP contribution in [0.1, 0.15) is 17.2 Å². The first kappa shape index (κ1) is 10.6. The second-order valence-corrected chi connectivity index (χ2v) is 3.46. The number of halogens is 1. The topological polar surface area (TPSA) is 59.1 Å². The van der Waals surface area contributed by atoms with E-state index in [1.54, 1.807) is 18.3 Å². The number of nitrogen functional groups attached to an aromatic ring is 1. The van der Waals surface area contributed by atoms with Crippen molar-refractivity contribution in [1.29, 1.82) is 0 Å². The Hall–Kier alpha value is -1.94. The summed E-state index contributed by atoms with van der Waals surface area (Å²) in [7, 11) is 0. The Morgan fingerprint density at radius 1 is 1.31 bits per heavy atom. The molecule has 0 aliphatic carbocycles. The van der Waals surface area contributed by atoms with Crippen LogP contribution in [0.3, 0.4) is 0 Å². The van der Waals surface area contributed by atoms with Gasteiger partial charge in [0.05, 0.1) is 0 Å². The van der Waals surface area contributed by atoms with Crippen molar-refractivity contribution in [1.82, 2.24) is 4.98 Å². The van der Waals surface area contributed by atoms with Crippen LogP contribution in [-0.4, -0.2) is 10.1 Å². The maximum absolute atomic E-state index is 13.0.